The van der Waals surface area contributed by atoms with Crippen LogP contribution in [0.3, 0.4) is 0 Å². The van der Waals surface area contributed by atoms with Crippen molar-refractivity contribution in [1.29, 1.82) is 0 Å². The molecule has 2 aromatic heterocycles. The van der Waals surface area contributed by atoms with Gasteiger partial charge >= 0.3 is 5.97 Å². The monoisotopic (exact) mass is 363 g/mol. The molecule has 0 saturated heterocycles. The Morgan fingerprint density at radius 3 is 2.76 bits per heavy atom. The van der Waals surface area contributed by atoms with Crippen LogP contribution in [0.15, 0.2) is 23.6 Å². The summed E-state index contributed by atoms with van der Waals surface area (Å²) in [5.41, 5.74) is 1.07. The van der Waals surface area contributed by atoms with E-state index in [9.17, 15) is 9.59 Å². The van der Waals surface area contributed by atoms with Crippen molar-refractivity contribution >= 4 is 29.5 Å². The average molecular weight is 363 g/mol. The van der Waals surface area contributed by atoms with Crippen LogP contribution < -0.4 is 5.32 Å². The smallest absolute Gasteiger partial charge is 0.343 e. The standard InChI is InChI=1S/C16H21N5O3S/c1-5-12(25-13-7-10(3)17-9-18-13)15(22)20-14-11(8-19-21(14)4)16(23)24-6-2/h7-9,12H,5-6H2,1-4H3,(H,20,22). The Hall–Kier alpha value is -2.42. The maximum absolute atomic E-state index is 12.6. The van der Waals surface area contributed by atoms with Crippen molar-refractivity contribution in [3.05, 3.63) is 29.8 Å². The van der Waals surface area contributed by atoms with Crippen molar-refractivity contribution in [1.82, 2.24) is 19.7 Å². The van der Waals surface area contributed by atoms with E-state index in [-0.39, 0.29) is 23.3 Å². The minimum Gasteiger partial charge on any atom is -0.462 e. The lowest BCUT2D eigenvalue weighted by Gasteiger charge is -2.15. The molecule has 0 aromatic carbocycles. The fourth-order valence-corrected chi connectivity index (χ4v) is 3.07. The normalized spacial score (nSPS) is 11.8. The maximum atomic E-state index is 12.6. The highest BCUT2D eigenvalue weighted by atomic mass is 32.2. The maximum Gasteiger partial charge on any atom is 0.343 e. The van der Waals surface area contributed by atoms with Gasteiger partial charge in [-0.15, -0.1) is 0 Å². The molecule has 1 unspecified atom stereocenters. The Balaban J connectivity index is 2.14. The molecule has 0 aliphatic heterocycles. The predicted octanol–water partition coefficient (Wildman–Crippen LogP) is 2.20. The third kappa shape index (κ3) is 4.79. The highest BCUT2D eigenvalue weighted by Crippen LogP contribution is 2.25. The second-order valence-corrected chi connectivity index (χ2v) is 6.48. The molecule has 2 heterocycles. The number of nitrogens with zero attached hydrogens (tertiary/aromatic N) is 4. The van der Waals surface area contributed by atoms with E-state index < -0.39 is 5.97 Å². The van der Waals surface area contributed by atoms with Gasteiger partial charge in [0.25, 0.3) is 0 Å². The molecule has 25 heavy (non-hydrogen) atoms. The van der Waals surface area contributed by atoms with Crippen LogP contribution in [0.2, 0.25) is 0 Å². The minimum absolute atomic E-state index is 0.224. The van der Waals surface area contributed by atoms with Gasteiger partial charge < -0.3 is 10.1 Å². The van der Waals surface area contributed by atoms with E-state index in [1.807, 2.05) is 19.9 Å². The summed E-state index contributed by atoms with van der Waals surface area (Å²) < 4.78 is 6.43. The molecule has 0 aliphatic carbocycles. The zero-order chi connectivity index (χ0) is 18.4. The number of thioether (sulfide) groups is 1. The van der Waals surface area contributed by atoms with Gasteiger partial charge in [-0.2, -0.15) is 5.10 Å². The van der Waals surface area contributed by atoms with Gasteiger partial charge in [0.1, 0.15) is 22.7 Å². The molecular weight excluding hydrogens is 342 g/mol. The largest absolute Gasteiger partial charge is 0.462 e. The van der Waals surface area contributed by atoms with E-state index in [1.54, 1.807) is 14.0 Å². The van der Waals surface area contributed by atoms with Crippen molar-refractivity contribution in [3.63, 3.8) is 0 Å². The lowest BCUT2D eigenvalue weighted by Crippen LogP contribution is -2.27. The van der Waals surface area contributed by atoms with E-state index in [0.29, 0.717) is 12.2 Å². The molecule has 0 spiro atoms. The number of nitrogens with one attached hydrogen (secondary N) is 1. The third-order valence-corrected chi connectivity index (χ3v) is 4.68. The third-order valence-electron chi connectivity index (χ3n) is 3.38. The highest BCUT2D eigenvalue weighted by Gasteiger charge is 2.24. The zero-order valence-corrected chi connectivity index (χ0v) is 15.5. The van der Waals surface area contributed by atoms with Crippen LogP contribution in [0, 0.1) is 6.92 Å². The fraction of sp³-hybridized carbons (Fsp3) is 0.438. The SMILES string of the molecule is CCOC(=O)c1cnn(C)c1NC(=O)C(CC)Sc1cc(C)ncn1. The summed E-state index contributed by atoms with van der Waals surface area (Å²) in [5, 5.41) is 7.17. The predicted molar refractivity (Wildman–Crippen MR) is 94.5 cm³/mol. The molecule has 9 heteroatoms. The summed E-state index contributed by atoms with van der Waals surface area (Å²) in [5.74, 6) is -0.419. The number of hydrogen-bond acceptors (Lipinski definition) is 7. The van der Waals surface area contributed by atoms with Gasteiger partial charge in [-0.05, 0) is 26.3 Å². The molecule has 1 amide bonds. The molecule has 1 atom stereocenters. The van der Waals surface area contributed by atoms with Gasteiger partial charge in [0, 0.05) is 12.7 Å². The lowest BCUT2D eigenvalue weighted by atomic mass is 10.3. The minimum atomic E-state index is -0.516. The molecule has 2 rings (SSSR count). The number of esters is 1. The highest BCUT2D eigenvalue weighted by molar-refractivity contribution is 8.00. The van der Waals surface area contributed by atoms with Crippen molar-refractivity contribution in [2.24, 2.45) is 7.05 Å². The second kappa shape index (κ2) is 8.61. The average Bonchev–Trinajstić information content (AvgIpc) is 2.93. The van der Waals surface area contributed by atoms with Crippen LogP contribution in [0.4, 0.5) is 5.82 Å². The number of carbonyl (C=O) groups is 2. The molecule has 0 radical (unpaired) electrons. The molecular formula is C16H21N5O3S. The van der Waals surface area contributed by atoms with Gasteiger partial charge in [0.05, 0.1) is 18.1 Å². The number of aromatic nitrogens is 4. The number of ether oxygens (including phenoxy) is 1. The van der Waals surface area contributed by atoms with E-state index in [4.69, 9.17) is 4.74 Å². The summed E-state index contributed by atoms with van der Waals surface area (Å²) in [6.07, 6.45) is 3.46. The first-order chi connectivity index (χ1) is 12.0. The van der Waals surface area contributed by atoms with Crippen molar-refractivity contribution in [3.8, 4) is 0 Å². The number of aryl methyl sites for hydroxylation is 2. The van der Waals surface area contributed by atoms with Gasteiger partial charge in [-0.3, -0.25) is 9.48 Å². The Labute approximate surface area is 150 Å². The summed E-state index contributed by atoms with van der Waals surface area (Å²) in [4.78, 5) is 32.9. The first-order valence-corrected chi connectivity index (χ1v) is 8.79. The van der Waals surface area contributed by atoms with Crippen LogP contribution in [0.5, 0.6) is 0 Å². The van der Waals surface area contributed by atoms with Crippen LogP contribution in [-0.4, -0.2) is 43.5 Å². The molecule has 8 nitrogen and oxygen atoms in total. The Kier molecular flexibility index (Phi) is 6.51. The summed E-state index contributed by atoms with van der Waals surface area (Å²) in [6, 6.07) is 1.83. The van der Waals surface area contributed by atoms with Gasteiger partial charge in [-0.25, -0.2) is 14.8 Å². The van der Waals surface area contributed by atoms with E-state index in [0.717, 1.165) is 10.7 Å². The second-order valence-electron chi connectivity index (χ2n) is 5.25. The number of hydrogen-bond donors (Lipinski definition) is 1. The number of amides is 1. The Bertz CT molecular complexity index is 762. The van der Waals surface area contributed by atoms with Gasteiger partial charge in [0.15, 0.2) is 0 Å². The van der Waals surface area contributed by atoms with Crippen LogP contribution in [0.1, 0.15) is 36.3 Å². The molecule has 134 valence electrons. The van der Waals surface area contributed by atoms with Crippen molar-refractivity contribution in [2.75, 3.05) is 11.9 Å². The van der Waals surface area contributed by atoms with Crippen molar-refractivity contribution in [2.45, 2.75) is 37.5 Å². The van der Waals surface area contributed by atoms with Gasteiger partial charge in [-0.1, -0.05) is 18.7 Å². The number of anilines is 1. The number of rotatable bonds is 7. The Morgan fingerprint density at radius 2 is 2.12 bits per heavy atom. The summed E-state index contributed by atoms with van der Waals surface area (Å²) >= 11 is 1.35. The van der Waals surface area contributed by atoms with Crippen LogP contribution >= 0.6 is 11.8 Å². The van der Waals surface area contributed by atoms with Crippen LogP contribution in [-0.2, 0) is 16.6 Å². The molecule has 1 N–H and O–H groups in total. The Morgan fingerprint density at radius 1 is 1.36 bits per heavy atom. The van der Waals surface area contributed by atoms with Crippen LogP contribution in [0.25, 0.3) is 0 Å². The lowest BCUT2D eigenvalue weighted by molar-refractivity contribution is -0.115. The zero-order valence-electron chi connectivity index (χ0n) is 14.6. The molecule has 2 aromatic rings. The van der Waals surface area contributed by atoms with Gasteiger partial charge in [0.2, 0.25) is 5.91 Å². The molecule has 0 bridgehead atoms. The topological polar surface area (TPSA) is 99.0 Å². The van der Waals surface area contributed by atoms with Crippen molar-refractivity contribution < 1.29 is 14.3 Å². The first-order valence-electron chi connectivity index (χ1n) is 7.91. The summed E-state index contributed by atoms with van der Waals surface area (Å²) in [7, 11) is 1.65. The quantitative estimate of drug-likeness (QED) is 0.457. The molecule has 0 aliphatic rings. The number of carbonyl (C=O) groups excluding carboxylic acids is 2. The summed E-state index contributed by atoms with van der Waals surface area (Å²) in [6.45, 7) is 5.76. The first kappa shape index (κ1) is 18.9. The van der Waals surface area contributed by atoms with E-state index >= 15 is 0 Å². The molecule has 0 fully saturated rings. The van der Waals surface area contributed by atoms with E-state index in [2.05, 4.69) is 20.4 Å². The fourth-order valence-electron chi connectivity index (χ4n) is 2.10. The van der Waals surface area contributed by atoms with E-state index in [1.165, 1.54) is 29.0 Å². The molecule has 0 saturated carbocycles.